The van der Waals surface area contributed by atoms with Crippen molar-refractivity contribution in [1.29, 1.82) is 0 Å². The number of carbonyl (C=O) groups is 1. The average Bonchev–Trinajstić information content (AvgIpc) is 3.17. The molecule has 4 aromatic rings. The second-order valence-electron chi connectivity index (χ2n) is 6.64. The highest BCUT2D eigenvalue weighted by molar-refractivity contribution is 9.10. The summed E-state index contributed by atoms with van der Waals surface area (Å²) in [5.74, 6) is 0.273. The molecule has 0 atom stereocenters. The van der Waals surface area contributed by atoms with Gasteiger partial charge >= 0.3 is 0 Å². The number of hydrogen-bond donors (Lipinski definition) is 2. The first-order valence-corrected chi connectivity index (χ1v) is 10.6. The fraction of sp³-hybridized carbons (Fsp3) is 0.0870. The zero-order valence-corrected chi connectivity index (χ0v) is 18.5. The van der Waals surface area contributed by atoms with Gasteiger partial charge in [0.05, 0.1) is 5.56 Å². The van der Waals surface area contributed by atoms with E-state index in [9.17, 15) is 4.79 Å². The first kappa shape index (κ1) is 20.3. The minimum atomic E-state index is -0.256. The third-order valence-electron chi connectivity index (χ3n) is 4.60. The third kappa shape index (κ3) is 4.42. The minimum absolute atomic E-state index is 0.216. The topological polar surface area (TPSA) is 67.2 Å². The minimum Gasteiger partial charge on any atom is -0.436 e. The fourth-order valence-corrected chi connectivity index (χ4v) is 3.65. The first-order chi connectivity index (χ1) is 14.5. The van der Waals surface area contributed by atoms with E-state index in [4.69, 9.17) is 16.6 Å². The average molecular weight is 480 g/mol. The molecule has 0 saturated heterocycles. The summed E-state index contributed by atoms with van der Waals surface area (Å²) >= 11 is 8.81. The summed E-state index contributed by atoms with van der Waals surface area (Å²) < 4.78 is 6.77. The summed E-state index contributed by atoms with van der Waals surface area (Å²) in [6.45, 7) is 2.07. The quantitative estimate of drug-likeness (QED) is 0.354. The highest BCUT2D eigenvalue weighted by Gasteiger charge is 2.12. The molecule has 0 saturated carbocycles. The maximum atomic E-state index is 12.4. The fourth-order valence-electron chi connectivity index (χ4n) is 2.98. The number of benzene rings is 3. The second kappa shape index (κ2) is 8.77. The van der Waals surface area contributed by atoms with Crippen LogP contribution in [-0.2, 0) is 6.42 Å². The summed E-state index contributed by atoms with van der Waals surface area (Å²) in [4.78, 5) is 16.9. The van der Waals surface area contributed by atoms with E-state index < -0.39 is 0 Å². The molecule has 0 radical (unpaired) electrons. The predicted molar refractivity (Wildman–Crippen MR) is 127 cm³/mol. The molecule has 0 aliphatic rings. The van der Waals surface area contributed by atoms with Crippen molar-refractivity contribution in [1.82, 2.24) is 10.3 Å². The van der Waals surface area contributed by atoms with Gasteiger partial charge in [-0.25, -0.2) is 4.98 Å². The number of thiocarbonyl (C=S) groups is 1. The zero-order valence-electron chi connectivity index (χ0n) is 16.1. The Bertz CT molecular complexity index is 1230. The van der Waals surface area contributed by atoms with Crippen LogP contribution in [0.4, 0.5) is 5.69 Å². The molecular weight excluding hydrogens is 462 g/mol. The van der Waals surface area contributed by atoms with Gasteiger partial charge in [0.15, 0.2) is 10.7 Å². The molecule has 0 fully saturated rings. The Morgan fingerprint density at radius 3 is 2.60 bits per heavy atom. The van der Waals surface area contributed by atoms with Gasteiger partial charge in [-0.15, -0.1) is 0 Å². The molecule has 30 heavy (non-hydrogen) atoms. The Morgan fingerprint density at radius 2 is 1.87 bits per heavy atom. The summed E-state index contributed by atoms with van der Waals surface area (Å²) in [6.07, 6.45) is 0.926. The molecule has 0 aliphatic carbocycles. The van der Waals surface area contributed by atoms with Crippen molar-refractivity contribution in [2.24, 2.45) is 0 Å². The largest absolute Gasteiger partial charge is 0.436 e. The number of fused-ring (bicyclic) bond motifs is 1. The molecule has 0 aliphatic heterocycles. The van der Waals surface area contributed by atoms with Crippen LogP contribution in [0, 0.1) is 0 Å². The van der Waals surface area contributed by atoms with Crippen LogP contribution >= 0.6 is 28.1 Å². The lowest BCUT2D eigenvalue weighted by molar-refractivity contribution is 0.0977. The molecule has 0 unspecified atom stereocenters. The molecule has 1 aromatic heterocycles. The lowest BCUT2D eigenvalue weighted by Gasteiger charge is -2.09. The number of aromatic nitrogens is 1. The van der Waals surface area contributed by atoms with E-state index in [0.29, 0.717) is 28.2 Å². The number of oxazole rings is 1. The number of nitrogens with one attached hydrogen (secondary N) is 2. The smallest absolute Gasteiger partial charge is 0.257 e. The highest BCUT2D eigenvalue weighted by atomic mass is 79.9. The van der Waals surface area contributed by atoms with Gasteiger partial charge in [0.25, 0.3) is 5.91 Å². The second-order valence-corrected chi connectivity index (χ2v) is 7.90. The Labute approximate surface area is 187 Å². The van der Waals surface area contributed by atoms with Gasteiger partial charge in [-0.2, -0.15) is 0 Å². The van der Waals surface area contributed by atoms with Crippen LogP contribution in [0.2, 0.25) is 0 Å². The predicted octanol–water partition coefficient (Wildman–Crippen LogP) is 5.95. The normalized spacial score (nSPS) is 10.7. The van der Waals surface area contributed by atoms with E-state index >= 15 is 0 Å². The standard InChI is InChI=1S/C23H18BrN3O2S/c1-2-14-7-9-15(10-8-14)21(28)27-23(30)25-16-11-12-20-19(13-16)26-22(29-20)17-5-3-4-6-18(17)24/h3-13H,2H2,1H3,(H2,25,27,28,30). The monoisotopic (exact) mass is 479 g/mol. The van der Waals surface area contributed by atoms with Crippen LogP contribution < -0.4 is 10.6 Å². The van der Waals surface area contributed by atoms with Crippen LogP contribution in [0.15, 0.2) is 75.6 Å². The van der Waals surface area contributed by atoms with Gasteiger partial charge in [-0.3, -0.25) is 10.1 Å². The first-order valence-electron chi connectivity index (χ1n) is 9.40. The van der Waals surface area contributed by atoms with Crippen molar-refractivity contribution in [3.8, 4) is 11.5 Å². The molecule has 2 N–H and O–H groups in total. The SMILES string of the molecule is CCc1ccc(C(=O)NC(=S)Nc2ccc3oc(-c4ccccc4Br)nc3c2)cc1. The van der Waals surface area contributed by atoms with E-state index in [1.807, 2.05) is 54.6 Å². The molecule has 5 nitrogen and oxygen atoms in total. The number of hydrogen-bond acceptors (Lipinski definition) is 4. The van der Waals surface area contributed by atoms with Crippen molar-refractivity contribution >= 4 is 56.0 Å². The molecule has 150 valence electrons. The van der Waals surface area contributed by atoms with Crippen LogP contribution in [0.1, 0.15) is 22.8 Å². The van der Waals surface area contributed by atoms with E-state index in [-0.39, 0.29) is 11.0 Å². The van der Waals surface area contributed by atoms with E-state index in [2.05, 4.69) is 38.5 Å². The number of carbonyl (C=O) groups excluding carboxylic acids is 1. The molecule has 0 bridgehead atoms. The van der Waals surface area contributed by atoms with Gasteiger partial charge in [-0.1, -0.05) is 31.2 Å². The van der Waals surface area contributed by atoms with Crippen molar-refractivity contribution in [3.05, 3.63) is 82.3 Å². The summed E-state index contributed by atoms with van der Waals surface area (Å²) in [5.41, 5.74) is 4.67. The number of halogens is 1. The van der Waals surface area contributed by atoms with Crippen molar-refractivity contribution in [2.75, 3.05) is 5.32 Å². The number of amides is 1. The van der Waals surface area contributed by atoms with Crippen molar-refractivity contribution in [2.45, 2.75) is 13.3 Å². The van der Waals surface area contributed by atoms with Crippen LogP contribution in [-0.4, -0.2) is 16.0 Å². The Hall–Kier alpha value is -3.03. The third-order valence-corrected chi connectivity index (χ3v) is 5.50. The van der Waals surface area contributed by atoms with Gasteiger partial charge in [-0.05, 0) is 82.6 Å². The molecule has 7 heteroatoms. The lowest BCUT2D eigenvalue weighted by Crippen LogP contribution is -2.34. The summed E-state index contributed by atoms with van der Waals surface area (Å²) in [7, 11) is 0. The van der Waals surface area contributed by atoms with Crippen LogP contribution in [0.25, 0.3) is 22.6 Å². The Morgan fingerprint density at radius 1 is 1.10 bits per heavy atom. The van der Waals surface area contributed by atoms with E-state index in [1.165, 1.54) is 5.56 Å². The summed E-state index contributed by atoms with van der Waals surface area (Å²) in [6, 6.07) is 20.7. The molecule has 3 aromatic carbocycles. The summed E-state index contributed by atoms with van der Waals surface area (Å²) in [5, 5.41) is 5.94. The molecule has 4 rings (SSSR count). The number of nitrogens with zero attached hydrogens (tertiary/aromatic N) is 1. The molecule has 1 heterocycles. The Kier molecular flexibility index (Phi) is 5.92. The van der Waals surface area contributed by atoms with Gasteiger partial charge in [0.1, 0.15) is 5.52 Å². The maximum absolute atomic E-state index is 12.4. The lowest BCUT2D eigenvalue weighted by atomic mass is 10.1. The van der Waals surface area contributed by atoms with E-state index in [0.717, 1.165) is 16.5 Å². The zero-order chi connectivity index (χ0) is 21.1. The molecular formula is C23H18BrN3O2S. The number of rotatable bonds is 4. The van der Waals surface area contributed by atoms with Crippen LogP contribution in [0.5, 0.6) is 0 Å². The van der Waals surface area contributed by atoms with Gasteiger partial charge < -0.3 is 9.73 Å². The molecule has 0 spiro atoms. The van der Waals surface area contributed by atoms with Crippen molar-refractivity contribution in [3.63, 3.8) is 0 Å². The maximum Gasteiger partial charge on any atom is 0.257 e. The Balaban J connectivity index is 1.47. The number of anilines is 1. The number of aryl methyl sites for hydroxylation is 1. The molecule has 1 amide bonds. The highest BCUT2D eigenvalue weighted by Crippen LogP contribution is 2.30. The van der Waals surface area contributed by atoms with Crippen molar-refractivity contribution < 1.29 is 9.21 Å². The van der Waals surface area contributed by atoms with E-state index in [1.54, 1.807) is 12.1 Å². The van der Waals surface area contributed by atoms with Gasteiger partial charge in [0.2, 0.25) is 5.89 Å². The van der Waals surface area contributed by atoms with Gasteiger partial charge in [0, 0.05) is 15.7 Å². The van der Waals surface area contributed by atoms with Crippen LogP contribution in [0.3, 0.4) is 0 Å².